The second kappa shape index (κ2) is 6.99. The van der Waals surface area contributed by atoms with E-state index in [-0.39, 0.29) is 0 Å². The van der Waals surface area contributed by atoms with Crippen molar-refractivity contribution in [1.29, 1.82) is 0 Å². The molecule has 0 aliphatic carbocycles. The second-order valence-corrected chi connectivity index (χ2v) is 7.89. The molecular weight excluding hydrogens is 371 g/mol. The molecule has 0 bridgehead atoms. The van der Waals surface area contributed by atoms with Crippen molar-refractivity contribution in [3.05, 3.63) is 87.9 Å². The van der Waals surface area contributed by atoms with Gasteiger partial charge in [0.2, 0.25) is 10.0 Å². The van der Waals surface area contributed by atoms with Crippen LogP contribution in [0.15, 0.2) is 64.9 Å². The van der Waals surface area contributed by atoms with Crippen molar-refractivity contribution in [2.75, 3.05) is 0 Å². The fourth-order valence-corrected chi connectivity index (χ4v) is 4.36. The molecule has 1 heterocycles. The Morgan fingerprint density at radius 2 is 1.64 bits per heavy atom. The van der Waals surface area contributed by atoms with Crippen molar-refractivity contribution in [2.24, 2.45) is 0 Å². The molecule has 2 aromatic carbocycles. The summed E-state index contributed by atoms with van der Waals surface area (Å²) in [5.41, 5.74) is 0.523. The molecule has 1 aromatic heterocycles. The van der Waals surface area contributed by atoms with Gasteiger partial charge in [0, 0.05) is 4.88 Å². The summed E-state index contributed by atoms with van der Waals surface area (Å²) in [4.78, 5) is 0.285. The smallest absolute Gasteiger partial charge is 0.207 e. The molecule has 3 aromatic rings. The summed E-state index contributed by atoms with van der Waals surface area (Å²) in [6.07, 6.45) is 0. The fraction of sp³-hybridized carbons (Fsp3) is 0.0588. The lowest BCUT2D eigenvalue weighted by molar-refractivity contribution is 0.504. The Balaban J connectivity index is 1.99. The molecule has 0 saturated heterocycles. The van der Waals surface area contributed by atoms with Crippen LogP contribution in [0.25, 0.3) is 0 Å². The highest BCUT2D eigenvalue weighted by Crippen LogP contribution is 2.28. The highest BCUT2D eigenvalue weighted by molar-refractivity contribution is 7.89. The average molecular weight is 383 g/mol. The predicted octanol–water partition coefficient (Wildman–Crippen LogP) is 4.23. The largest absolute Gasteiger partial charge is 0.241 e. The van der Waals surface area contributed by atoms with E-state index in [0.717, 1.165) is 12.1 Å². The minimum atomic E-state index is -4.13. The SMILES string of the molecule is O=S(=O)(NC(c1ccc(F)cc1)c1cccs1)c1ccc(F)c(F)c1. The van der Waals surface area contributed by atoms with Crippen molar-refractivity contribution >= 4 is 21.4 Å². The maximum absolute atomic E-state index is 13.4. The van der Waals surface area contributed by atoms with Crippen molar-refractivity contribution in [3.63, 3.8) is 0 Å². The summed E-state index contributed by atoms with van der Waals surface area (Å²) in [5.74, 6) is -2.83. The summed E-state index contributed by atoms with van der Waals surface area (Å²) < 4.78 is 67.2. The van der Waals surface area contributed by atoms with Crippen molar-refractivity contribution < 1.29 is 21.6 Å². The quantitative estimate of drug-likeness (QED) is 0.717. The summed E-state index contributed by atoms with van der Waals surface area (Å²) in [6, 6.07) is 10.4. The van der Waals surface area contributed by atoms with E-state index in [0.29, 0.717) is 16.5 Å². The summed E-state index contributed by atoms with van der Waals surface area (Å²) >= 11 is 1.32. The molecule has 130 valence electrons. The number of halogens is 3. The first kappa shape index (κ1) is 17.7. The minimum Gasteiger partial charge on any atom is -0.207 e. The van der Waals surface area contributed by atoms with Crippen LogP contribution < -0.4 is 4.72 Å². The Morgan fingerprint density at radius 3 is 2.24 bits per heavy atom. The van der Waals surface area contributed by atoms with E-state index in [1.807, 2.05) is 0 Å². The molecule has 1 atom stereocenters. The Bertz CT molecular complexity index is 972. The molecular formula is C17H12F3NO2S2. The number of rotatable bonds is 5. The summed E-state index contributed by atoms with van der Waals surface area (Å²) in [6.45, 7) is 0. The molecule has 3 rings (SSSR count). The van der Waals surface area contributed by atoms with Crippen molar-refractivity contribution in [3.8, 4) is 0 Å². The number of nitrogens with one attached hydrogen (secondary N) is 1. The van der Waals surface area contributed by atoms with E-state index >= 15 is 0 Å². The van der Waals surface area contributed by atoms with Crippen LogP contribution in [0.4, 0.5) is 13.2 Å². The van der Waals surface area contributed by atoms with Gasteiger partial charge >= 0.3 is 0 Å². The van der Waals surface area contributed by atoms with E-state index in [4.69, 9.17) is 0 Å². The van der Waals surface area contributed by atoms with Crippen LogP contribution in [0.1, 0.15) is 16.5 Å². The van der Waals surface area contributed by atoms with Crippen molar-refractivity contribution in [2.45, 2.75) is 10.9 Å². The van der Waals surface area contributed by atoms with Gasteiger partial charge in [-0.25, -0.2) is 21.6 Å². The van der Waals surface area contributed by atoms with Gasteiger partial charge in [-0.15, -0.1) is 11.3 Å². The second-order valence-electron chi connectivity index (χ2n) is 5.20. The van der Waals surface area contributed by atoms with E-state index in [1.165, 1.54) is 35.6 Å². The maximum atomic E-state index is 13.4. The van der Waals surface area contributed by atoms with Gasteiger partial charge in [0.25, 0.3) is 0 Å². The third kappa shape index (κ3) is 3.92. The van der Waals surface area contributed by atoms with Gasteiger partial charge in [-0.3, -0.25) is 0 Å². The van der Waals surface area contributed by atoms with Gasteiger partial charge in [-0.05, 0) is 47.3 Å². The van der Waals surface area contributed by atoms with E-state index < -0.39 is 38.4 Å². The van der Waals surface area contributed by atoms with Crippen LogP contribution in [-0.4, -0.2) is 8.42 Å². The monoisotopic (exact) mass is 383 g/mol. The summed E-state index contributed by atoms with van der Waals surface area (Å²) in [7, 11) is -4.13. The topological polar surface area (TPSA) is 46.2 Å². The molecule has 0 radical (unpaired) electrons. The Labute approximate surface area is 146 Å². The number of sulfonamides is 1. The zero-order chi connectivity index (χ0) is 18.0. The number of benzene rings is 2. The van der Waals surface area contributed by atoms with Gasteiger partial charge in [0.1, 0.15) is 5.82 Å². The van der Waals surface area contributed by atoms with Gasteiger partial charge in [0.05, 0.1) is 10.9 Å². The van der Waals surface area contributed by atoms with Gasteiger partial charge in [-0.1, -0.05) is 18.2 Å². The first-order valence-corrected chi connectivity index (χ1v) is 9.49. The first-order valence-electron chi connectivity index (χ1n) is 7.13. The molecule has 3 nitrogen and oxygen atoms in total. The molecule has 0 aliphatic heterocycles. The van der Waals surface area contributed by atoms with E-state index in [1.54, 1.807) is 17.5 Å². The molecule has 8 heteroatoms. The molecule has 0 aliphatic rings. The number of hydrogen-bond donors (Lipinski definition) is 1. The Hall–Kier alpha value is -2.16. The van der Waals surface area contributed by atoms with Crippen LogP contribution in [0, 0.1) is 17.5 Å². The lowest BCUT2D eigenvalue weighted by atomic mass is 10.1. The maximum Gasteiger partial charge on any atom is 0.241 e. The number of thiophene rings is 1. The molecule has 0 amide bonds. The first-order chi connectivity index (χ1) is 11.9. The van der Waals surface area contributed by atoms with Crippen LogP contribution in [0.5, 0.6) is 0 Å². The molecule has 25 heavy (non-hydrogen) atoms. The average Bonchev–Trinajstić information content (AvgIpc) is 3.10. The van der Waals surface area contributed by atoms with Crippen LogP contribution >= 0.6 is 11.3 Å². The van der Waals surface area contributed by atoms with Gasteiger partial charge < -0.3 is 0 Å². The molecule has 0 saturated carbocycles. The van der Waals surface area contributed by atoms with Gasteiger partial charge in [-0.2, -0.15) is 4.72 Å². The fourth-order valence-electron chi connectivity index (χ4n) is 2.27. The van der Waals surface area contributed by atoms with E-state index in [2.05, 4.69) is 4.72 Å². The highest BCUT2D eigenvalue weighted by atomic mass is 32.2. The van der Waals surface area contributed by atoms with Crippen LogP contribution in [0.3, 0.4) is 0 Å². The molecule has 0 spiro atoms. The third-order valence-corrected chi connectivity index (χ3v) is 5.86. The zero-order valence-electron chi connectivity index (χ0n) is 12.6. The third-order valence-electron chi connectivity index (χ3n) is 3.51. The highest BCUT2D eigenvalue weighted by Gasteiger charge is 2.24. The normalized spacial score (nSPS) is 12.9. The van der Waals surface area contributed by atoms with Gasteiger partial charge in [0.15, 0.2) is 11.6 Å². The lowest BCUT2D eigenvalue weighted by Crippen LogP contribution is -2.29. The van der Waals surface area contributed by atoms with Crippen LogP contribution in [0.2, 0.25) is 0 Å². The predicted molar refractivity (Wildman–Crippen MR) is 89.2 cm³/mol. The standard InChI is InChI=1S/C17H12F3NO2S2/c18-12-5-3-11(4-6-12)17(16-2-1-9-24-16)21-25(22,23)13-7-8-14(19)15(20)10-13/h1-10,17,21H. The summed E-state index contributed by atoms with van der Waals surface area (Å²) in [5, 5.41) is 1.78. The zero-order valence-corrected chi connectivity index (χ0v) is 14.3. The molecule has 0 fully saturated rings. The lowest BCUT2D eigenvalue weighted by Gasteiger charge is -2.18. The molecule has 1 N–H and O–H groups in total. The minimum absolute atomic E-state index is 0.393. The number of hydrogen-bond acceptors (Lipinski definition) is 3. The molecule has 1 unspecified atom stereocenters. The van der Waals surface area contributed by atoms with E-state index in [9.17, 15) is 21.6 Å². The Kier molecular flexibility index (Phi) is 4.94. The van der Waals surface area contributed by atoms with Crippen LogP contribution in [-0.2, 0) is 10.0 Å². The van der Waals surface area contributed by atoms with Crippen molar-refractivity contribution in [1.82, 2.24) is 4.72 Å². The Morgan fingerprint density at radius 1 is 0.920 bits per heavy atom.